The summed E-state index contributed by atoms with van der Waals surface area (Å²) < 4.78 is 0. The van der Waals surface area contributed by atoms with Gasteiger partial charge in [-0.2, -0.15) is 0 Å². The molecule has 0 unspecified atom stereocenters. The van der Waals surface area contributed by atoms with E-state index < -0.39 is 0 Å². The number of hydrogen-bond donors (Lipinski definition) is 1. The first-order valence-electron chi connectivity index (χ1n) is 13.6. The van der Waals surface area contributed by atoms with Gasteiger partial charge in [-0.3, -0.25) is 14.5 Å². The summed E-state index contributed by atoms with van der Waals surface area (Å²) in [6.45, 7) is 9.71. The average Bonchev–Trinajstić information content (AvgIpc) is 2.91. The summed E-state index contributed by atoms with van der Waals surface area (Å²) in [7, 11) is 0. The van der Waals surface area contributed by atoms with Gasteiger partial charge in [0.1, 0.15) is 0 Å². The minimum absolute atomic E-state index is 0.0614. The number of benzene rings is 3. The smallest absolute Gasteiger partial charge is 0.255 e. The van der Waals surface area contributed by atoms with Gasteiger partial charge in [0.2, 0.25) is 5.91 Å². The SMILES string of the molecule is CCC(C)(C)NC(=O)[C@@H]1CCCN(C2CCN(C(=O)c3c4ccccc4cc4ccccc34)CC2)C1. The van der Waals surface area contributed by atoms with Crippen molar-refractivity contribution in [2.75, 3.05) is 26.2 Å². The zero-order valence-electron chi connectivity index (χ0n) is 21.9. The van der Waals surface area contributed by atoms with Gasteiger partial charge in [-0.05, 0) is 80.1 Å². The van der Waals surface area contributed by atoms with E-state index in [1.807, 2.05) is 29.2 Å². The van der Waals surface area contributed by atoms with Crippen molar-refractivity contribution in [2.45, 2.75) is 64.5 Å². The Morgan fingerprint density at radius 2 is 1.53 bits per heavy atom. The third kappa shape index (κ3) is 4.99. The number of likely N-dealkylation sites (tertiary alicyclic amines) is 2. The molecule has 3 aromatic rings. The van der Waals surface area contributed by atoms with Crippen LogP contribution in [0, 0.1) is 5.92 Å². The van der Waals surface area contributed by atoms with Crippen molar-refractivity contribution in [1.82, 2.24) is 15.1 Å². The van der Waals surface area contributed by atoms with Crippen molar-refractivity contribution in [1.29, 1.82) is 0 Å². The number of amides is 2. The standard InChI is InChI=1S/C31H39N3O2/c1-4-31(2,3)32-29(35)24-12-9-17-34(21-24)25-15-18-33(19-16-25)30(36)28-26-13-7-5-10-22(26)20-23-11-6-8-14-27(23)28/h5-8,10-11,13-14,20,24-25H,4,9,12,15-19,21H2,1-3H3,(H,32,35)/t24-/m1/s1. The molecule has 0 radical (unpaired) electrons. The molecule has 5 nitrogen and oxygen atoms in total. The maximum atomic E-state index is 13.9. The lowest BCUT2D eigenvalue weighted by molar-refractivity contribution is -0.128. The molecule has 2 heterocycles. The topological polar surface area (TPSA) is 52.7 Å². The highest BCUT2D eigenvalue weighted by atomic mass is 16.2. The van der Waals surface area contributed by atoms with E-state index in [2.05, 4.69) is 61.3 Å². The van der Waals surface area contributed by atoms with Crippen molar-refractivity contribution in [3.63, 3.8) is 0 Å². The Kier molecular flexibility index (Phi) is 7.03. The fraction of sp³-hybridized carbons (Fsp3) is 0.484. The van der Waals surface area contributed by atoms with Crippen LogP contribution in [0.5, 0.6) is 0 Å². The number of hydrogen-bond acceptors (Lipinski definition) is 3. The monoisotopic (exact) mass is 485 g/mol. The molecule has 36 heavy (non-hydrogen) atoms. The molecule has 2 amide bonds. The molecule has 3 aromatic carbocycles. The summed E-state index contributed by atoms with van der Waals surface area (Å²) in [6, 6.07) is 19.0. The molecule has 1 atom stereocenters. The second-order valence-electron chi connectivity index (χ2n) is 11.3. The number of rotatable bonds is 5. The summed E-state index contributed by atoms with van der Waals surface area (Å²) in [5.41, 5.74) is 0.673. The second-order valence-corrected chi connectivity index (χ2v) is 11.3. The van der Waals surface area contributed by atoms with Gasteiger partial charge in [0.15, 0.2) is 0 Å². The van der Waals surface area contributed by atoms with Crippen LogP contribution in [0.2, 0.25) is 0 Å². The summed E-state index contributed by atoms with van der Waals surface area (Å²) >= 11 is 0. The molecule has 5 rings (SSSR count). The first-order chi connectivity index (χ1) is 17.4. The molecule has 2 aliphatic rings. The molecule has 2 aliphatic heterocycles. The lowest BCUT2D eigenvalue weighted by Gasteiger charge is -2.42. The van der Waals surface area contributed by atoms with Crippen LogP contribution in [0.3, 0.4) is 0 Å². The van der Waals surface area contributed by atoms with Crippen LogP contribution in [0.1, 0.15) is 63.2 Å². The lowest BCUT2D eigenvalue weighted by Crippen LogP contribution is -2.53. The van der Waals surface area contributed by atoms with E-state index in [-0.39, 0.29) is 23.3 Å². The molecule has 5 heteroatoms. The van der Waals surface area contributed by atoms with Gasteiger partial charge in [-0.1, -0.05) is 55.5 Å². The molecule has 1 N–H and O–H groups in total. The quantitative estimate of drug-likeness (QED) is 0.478. The van der Waals surface area contributed by atoms with Crippen molar-refractivity contribution in [3.05, 3.63) is 60.2 Å². The van der Waals surface area contributed by atoms with Gasteiger partial charge >= 0.3 is 0 Å². The Morgan fingerprint density at radius 1 is 0.917 bits per heavy atom. The van der Waals surface area contributed by atoms with Gasteiger partial charge in [-0.15, -0.1) is 0 Å². The summed E-state index contributed by atoms with van der Waals surface area (Å²) in [5.74, 6) is 0.396. The Bertz CT molecular complexity index is 1210. The Balaban J connectivity index is 1.28. The summed E-state index contributed by atoms with van der Waals surface area (Å²) in [6.07, 6.45) is 4.87. The van der Waals surface area contributed by atoms with Crippen LogP contribution in [-0.4, -0.2) is 59.4 Å². The van der Waals surface area contributed by atoms with Gasteiger partial charge in [0.05, 0.1) is 11.5 Å². The van der Waals surface area contributed by atoms with E-state index >= 15 is 0 Å². The molecule has 0 spiro atoms. The largest absolute Gasteiger partial charge is 0.351 e. The molecule has 0 bridgehead atoms. The van der Waals surface area contributed by atoms with E-state index in [1.165, 1.54) is 0 Å². The van der Waals surface area contributed by atoms with E-state index in [0.717, 1.165) is 85.4 Å². The third-order valence-corrected chi connectivity index (χ3v) is 8.42. The van der Waals surface area contributed by atoms with E-state index in [0.29, 0.717) is 6.04 Å². The predicted octanol–water partition coefficient (Wildman–Crippen LogP) is 5.61. The Morgan fingerprint density at radius 3 is 2.14 bits per heavy atom. The fourth-order valence-electron chi connectivity index (χ4n) is 5.91. The number of carbonyl (C=O) groups is 2. The molecule has 0 aliphatic carbocycles. The van der Waals surface area contributed by atoms with Gasteiger partial charge in [-0.25, -0.2) is 0 Å². The zero-order chi connectivity index (χ0) is 25.3. The van der Waals surface area contributed by atoms with Crippen LogP contribution in [0.4, 0.5) is 0 Å². The normalized spacial score (nSPS) is 20.1. The van der Waals surface area contributed by atoms with Crippen LogP contribution < -0.4 is 5.32 Å². The second kappa shape index (κ2) is 10.2. The minimum Gasteiger partial charge on any atom is -0.351 e. The highest BCUT2D eigenvalue weighted by molar-refractivity contribution is 6.18. The predicted molar refractivity (Wildman–Crippen MR) is 147 cm³/mol. The number of nitrogens with one attached hydrogen (secondary N) is 1. The molecule has 190 valence electrons. The Labute approximate surface area is 214 Å². The average molecular weight is 486 g/mol. The molecule has 2 saturated heterocycles. The maximum absolute atomic E-state index is 13.9. The number of carbonyl (C=O) groups excluding carboxylic acids is 2. The number of fused-ring (bicyclic) bond motifs is 2. The molecular formula is C31H39N3O2. The van der Waals surface area contributed by atoms with Crippen molar-refractivity contribution in [2.24, 2.45) is 5.92 Å². The molecule has 0 saturated carbocycles. The van der Waals surface area contributed by atoms with Gasteiger partial charge in [0.25, 0.3) is 5.91 Å². The van der Waals surface area contributed by atoms with E-state index in [4.69, 9.17) is 0 Å². The molecule has 0 aromatic heterocycles. The Hall–Kier alpha value is -2.92. The zero-order valence-corrected chi connectivity index (χ0v) is 21.9. The van der Waals surface area contributed by atoms with Crippen LogP contribution in [0.15, 0.2) is 54.6 Å². The highest BCUT2D eigenvalue weighted by Crippen LogP contribution is 2.31. The van der Waals surface area contributed by atoms with Crippen molar-refractivity contribution in [3.8, 4) is 0 Å². The van der Waals surface area contributed by atoms with Crippen molar-refractivity contribution < 1.29 is 9.59 Å². The lowest BCUT2D eigenvalue weighted by atomic mass is 9.91. The van der Waals surface area contributed by atoms with Gasteiger partial charge in [0, 0.05) is 31.2 Å². The molecule has 2 fully saturated rings. The van der Waals surface area contributed by atoms with Crippen LogP contribution in [-0.2, 0) is 4.79 Å². The van der Waals surface area contributed by atoms with E-state index in [9.17, 15) is 9.59 Å². The number of piperidine rings is 2. The summed E-state index contributed by atoms with van der Waals surface area (Å²) in [5, 5.41) is 7.53. The molecular weight excluding hydrogens is 446 g/mol. The van der Waals surface area contributed by atoms with Gasteiger partial charge < -0.3 is 10.2 Å². The van der Waals surface area contributed by atoms with Crippen molar-refractivity contribution >= 4 is 33.4 Å². The van der Waals surface area contributed by atoms with Crippen LogP contribution >= 0.6 is 0 Å². The van der Waals surface area contributed by atoms with Crippen LogP contribution in [0.25, 0.3) is 21.5 Å². The highest BCUT2D eigenvalue weighted by Gasteiger charge is 2.34. The minimum atomic E-state index is -0.156. The fourth-order valence-corrected chi connectivity index (χ4v) is 5.91. The maximum Gasteiger partial charge on any atom is 0.255 e. The summed E-state index contributed by atoms with van der Waals surface area (Å²) in [4.78, 5) is 31.4. The first-order valence-corrected chi connectivity index (χ1v) is 13.6. The van der Waals surface area contributed by atoms with E-state index in [1.54, 1.807) is 0 Å². The third-order valence-electron chi connectivity index (χ3n) is 8.42. The first kappa shape index (κ1) is 24.8. The number of nitrogens with zero attached hydrogens (tertiary/aromatic N) is 2.